The summed E-state index contributed by atoms with van der Waals surface area (Å²) in [5.74, 6) is 0.695. The van der Waals surface area contributed by atoms with E-state index in [1.54, 1.807) is 7.11 Å². The molecule has 3 nitrogen and oxygen atoms in total. The van der Waals surface area contributed by atoms with Gasteiger partial charge in [0.15, 0.2) is 0 Å². The van der Waals surface area contributed by atoms with Crippen LogP contribution in [0, 0.1) is 5.92 Å². The minimum Gasteiger partial charge on any atom is -0.497 e. The zero-order valence-corrected chi connectivity index (χ0v) is 15.3. The average molecular weight is 337 g/mol. The molecule has 2 rings (SSSR count). The second kappa shape index (κ2) is 9.07. The first-order chi connectivity index (χ1) is 12.1. The monoisotopic (exact) mass is 337 g/mol. The van der Waals surface area contributed by atoms with Gasteiger partial charge in [0.2, 0.25) is 5.91 Å². The lowest BCUT2D eigenvalue weighted by molar-refractivity contribution is -0.135. The van der Waals surface area contributed by atoms with E-state index in [0.29, 0.717) is 13.1 Å². The molecule has 0 aliphatic heterocycles. The summed E-state index contributed by atoms with van der Waals surface area (Å²) >= 11 is 0. The molecule has 25 heavy (non-hydrogen) atoms. The highest BCUT2D eigenvalue weighted by molar-refractivity contribution is 5.80. The van der Waals surface area contributed by atoms with Crippen LogP contribution in [-0.4, -0.2) is 24.5 Å². The van der Waals surface area contributed by atoms with Crippen LogP contribution < -0.4 is 4.74 Å². The van der Waals surface area contributed by atoms with Crippen molar-refractivity contribution in [3.8, 4) is 5.75 Å². The number of methoxy groups -OCH3 is 1. The zero-order chi connectivity index (χ0) is 18.2. The third-order valence-corrected chi connectivity index (χ3v) is 4.57. The van der Waals surface area contributed by atoms with Crippen molar-refractivity contribution in [2.24, 2.45) is 5.92 Å². The van der Waals surface area contributed by atoms with Crippen molar-refractivity contribution in [1.82, 2.24) is 4.90 Å². The van der Waals surface area contributed by atoms with E-state index < -0.39 is 0 Å². The number of nitrogens with zero attached hydrogens (tertiary/aromatic N) is 1. The standard InChI is InChI=1S/C22H27NO2/c1-5-21(19-13-10-14-20(15-19)25-4)17(3)22(24)23(6-2)16-18-11-8-7-9-12-18/h5,7-15,17,21H,1,6,16H2,2-4H3. The average Bonchev–Trinajstić information content (AvgIpc) is 2.67. The second-order valence-corrected chi connectivity index (χ2v) is 6.16. The predicted octanol–water partition coefficient (Wildman–Crippen LogP) is 4.65. The highest BCUT2D eigenvalue weighted by atomic mass is 16.5. The number of hydrogen-bond donors (Lipinski definition) is 0. The van der Waals surface area contributed by atoms with Crippen LogP contribution >= 0.6 is 0 Å². The van der Waals surface area contributed by atoms with E-state index in [1.807, 2.05) is 79.4 Å². The maximum absolute atomic E-state index is 13.1. The Bertz CT molecular complexity index is 696. The minimum absolute atomic E-state index is 0.0487. The zero-order valence-electron chi connectivity index (χ0n) is 15.3. The Morgan fingerprint density at radius 1 is 1.20 bits per heavy atom. The van der Waals surface area contributed by atoms with E-state index in [0.717, 1.165) is 16.9 Å². The van der Waals surface area contributed by atoms with E-state index in [2.05, 4.69) is 6.58 Å². The van der Waals surface area contributed by atoms with Crippen LogP contribution in [0.4, 0.5) is 0 Å². The molecule has 0 aliphatic carbocycles. The van der Waals surface area contributed by atoms with Gasteiger partial charge in [-0.2, -0.15) is 0 Å². The van der Waals surface area contributed by atoms with Gasteiger partial charge < -0.3 is 9.64 Å². The third-order valence-electron chi connectivity index (χ3n) is 4.57. The molecule has 2 unspecified atom stereocenters. The molecule has 1 amide bonds. The fourth-order valence-electron chi connectivity index (χ4n) is 3.07. The molecule has 3 heteroatoms. The van der Waals surface area contributed by atoms with Crippen molar-refractivity contribution >= 4 is 5.91 Å². The predicted molar refractivity (Wildman–Crippen MR) is 103 cm³/mol. The number of carbonyl (C=O) groups excluding carboxylic acids is 1. The van der Waals surface area contributed by atoms with Crippen LogP contribution in [0.3, 0.4) is 0 Å². The highest BCUT2D eigenvalue weighted by Gasteiger charge is 2.27. The quantitative estimate of drug-likeness (QED) is 0.656. The number of allylic oxidation sites excluding steroid dienone is 1. The van der Waals surface area contributed by atoms with Gasteiger partial charge >= 0.3 is 0 Å². The lowest BCUT2D eigenvalue weighted by Gasteiger charge is -2.28. The highest BCUT2D eigenvalue weighted by Crippen LogP contribution is 2.30. The Hall–Kier alpha value is -2.55. The number of benzene rings is 2. The molecule has 0 N–H and O–H groups in total. The lowest BCUT2D eigenvalue weighted by atomic mass is 9.86. The Kier molecular flexibility index (Phi) is 6.81. The van der Waals surface area contributed by atoms with E-state index >= 15 is 0 Å². The van der Waals surface area contributed by atoms with Crippen molar-refractivity contribution in [1.29, 1.82) is 0 Å². The summed E-state index contributed by atoms with van der Waals surface area (Å²) in [4.78, 5) is 15.0. The molecule has 0 aliphatic rings. The summed E-state index contributed by atoms with van der Waals surface area (Å²) in [6.07, 6.45) is 1.85. The van der Waals surface area contributed by atoms with Crippen molar-refractivity contribution in [2.45, 2.75) is 26.3 Å². The van der Waals surface area contributed by atoms with Gasteiger partial charge in [0.05, 0.1) is 7.11 Å². The molecule has 0 bridgehead atoms. The van der Waals surface area contributed by atoms with Gasteiger partial charge in [-0.15, -0.1) is 6.58 Å². The Morgan fingerprint density at radius 2 is 1.92 bits per heavy atom. The molecule has 0 saturated carbocycles. The van der Waals surface area contributed by atoms with Gasteiger partial charge in [0, 0.05) is 24.9 Å². The summed E-state index contributed by atoms with van der Waals surface area (Å²) in [5, 5.41) is 0. The molecule has 2 atom stereocenters. The number of amides is 1. The fourth-order valence-corrected chi connectivity index (χ4v) is 3.07. The summed E-state index contributed by atoms with van der Waals surface area (Å²) in [5.41, 5.74) is 2.19. The van der Waals surface area contributed by atoms with Crippen LogP contribution in [0.1, 0.15) is 30.9 Å². The Labute approximate surface area is 150 Å². The van der Waals surface area contributed by atoms with Crippen molar-refractivity contribution < 1.29 is 9.53 Å². The summed E-state index contributed by atoms with van der Waals surface area (Å²) < 4.78 is 5.31. The molecule has 0 saturated heterocycles. The molecule has 2 aromatic rings. The molecule has 0 aromatic heterocycles. The van der Waals surface area contributed by atoms with Crippen LogP contribution in [0.25, 0.3) is 0 Å². The number of hydrogen-bond acceptors (Lipinski definition) is 2. The van der Waals surface area contributed by atoms with E-state index in [4.69, 9.17) is 4.74 Å². The number of ether oxygens (including phenoxy) is 1. The van der Waals surface area contributed by atoms with Crippen molar-refractivity contribution in [3.05, 3.63) is 78.4 Å². The van der Waals surface area contributed by atoms with Crippen molar-refractivity contribution in [3.63, 3.8) is 0 Å². The maximum atomic E-state index is 13.1. The van der Waals surface area contributed by atoms with Crippen LogP contribution in [-0.2, 0) is 11.3 Å². The van der Waals surface area contributed by atoms with Crippen LogP contribution in [0.2, 0.25) is 0 Å². The molecule has 0 fully saturated rings. The molecule has 132 valence electrons. The Balaban J connectivity index is 2.18. The normalized spacial score (nSPS) is 12.9. The molecule has 0 heterocycles. The minimum atomic E-state index is -0.187. The number of rotatable bonds is 8. The Morgan fingerprint density at radius 3 is 2.52 bits per heavy atom. The first-order valence-electron chi connectivity index (χ1n) is 8.69. The SMILES string of the molecule is C=CC(c1cccc(OC)c1)C(C)C(=O)N(CC)Cc1ccccc1. The summed E-state index contributed by atoms with van der Waals surface area (Å²) in [7, 11) is 1.65. The first kappa shape index (κ1) is 18.8. The number of carbonyl (C=O) groups is 1. The van der Waals surface area contributed by atoms with E-state index in [-0.39, 0.29) is 17.7 Å². The van der Waals surface area contributed by atoms with Gasteiger partial charge in [-0.25, -0.2) is 0 Å². The molecule has 2 aromatic carbocycles. The second-order valence-electron chi connectivity index (χ2n) is 6.16. The largest absolute Gasteiger partial charge is 0.497 e. The van der Waals surface area contributed by atoms with Gasteiger partial charge in [-0.3, -0.25) is 4.79 Å². The first-order valence-corrected chi connectivity index (χ1v) is 8.69. The molecular weight excluding hydrogens is 310 g/mol. The summed E-state index contributed by atoms with van der Waals surface area (Å²) in [6, 6.07) is 17.9. The topological polar surface area (TPSA) is 29.5 Å². The summed E-state index contributed by atoms with van der Waals surface area (Å²) in [6.45, 7) is 9.25. The third kappa shape index (κ3) is 4.72. The smallest absolute Gasteiger partial charge is 0.226 e. The lowest BCUT2D eigenvalue weighted by Crippen LogP contribution is -2.36. The van der Waals surface area contributed by atoms with Gasteiger partial charge in [-0.05, 0) is 30.2 Å². The fraction of sp³-hybridized carbons (Fsp3) is 0.318. The molecule has 0 radical (unpaired) electrons. The van der Waals surface area contributed by atoms with Crippen molar-refractivity contribution in [2.75, 3.05) is 13.7 Å². The van der Waals surface area contributed by atoms with Gasteiger partial charge in [0.1, 0.15) is 5.75 Å². The molecule has 0 spiro atoms. The maximum Gasteiger partial charge on any atom is 0.226 e. The van der Waals surface area contributed by atoms with E-state index in [9.17, 15) is 4.79 Å². The van der Waals surface area contributed by atoms with Crippen LogP contribution in [0.15, 0.2) is 67.3 Å². The van der Waals surface area contributed by atoms with Gasteiger partial charge in [-0.1, -0.05) is 55.5 Å². The van der Waals surface area contributed by atoms with E-state index in [1.165, 1.54) is 0 Å². The van der Waals surface area contributed by atoms with Crippen LogP contribution in [0.5, 0.6) is 5.75 Å². The van der Waals surface area contributed by atoms with Gasteiger partial charge in [0.25, 0.3) is 0 Å². The molecular formula is C22H27NO2.